The van der Waals surface area contributed by atoms with Crippen LogP contribution >= 0.6 is 0 Å². The lowest BCUT2D eigenvalue weighted by molar-refractivity contribution is 0.172. The Morgan fingerprint density at radius 3 is 2.58 bits per heavy atom. The Hall–Kier alpha value is -0.130. The molecule has 72 valence electrons. The maximum absolute atomic E-state index is 11.0. The van der Waals surface area contributed by atoms with Gasteiger partial charge in [-0.1, -0.05) is 6.92 Å². The molecule has 5 heteroatoms. The quantitative estimate of drug-likeness (QED) is 0.692. The minimum absolute atomic E-state index is 0.340. The van der Waals surface area contributed by atoms with Crippen LogP contribution < -0.4 is 4.72 Å². The molecule has 0 saturated carbocycles. The smallest absolute Gasteiger partial charge is 0.209 e. The molecule has 0 amide bonds. The van der Waals surface area contributed by atoms with Crippen molar-refractivity contribution in [2.24, 2.45) is 0 Å². The fourth-order valence-electron chi connectivity index (χ4n) is 1.43. The third-order valence-corrected chi connectivity index (χ3v) is 2.99. The molecule has 1 saturated heterocycles. The lowest BCUT2D eigenvalue weighted by Crippen LogP contribution is -2.47. The molecule has 12 heavy (non-hydrogen) atoms. The van der Waals surface area contributed by atoms with Crippen molar-refractivity contribution >= 4 is 10.0 Å². The molecule has 1 aliphatic heterocycles. The van der Waals surface area contributed by atoms with E-state index >= 15 is 0 Å². The van der Waals surface area contributed by atoms with Gasteiger partial charge in [0.2, 0.25) is 10.0 Å². The van der Waals surface area contributed by atoms with Crippen molar-refractivity contribution in [1.82, 2.24) is 4.72 Å². The highest BCUT2D eigenvalue weighted by Gasteiger charge is 2.35. The molecule has 4 nitrogen and oxygen atoms in total. The van der Waals surface area contributed by atoms with Crippen molar-refractivity contribution in [2.75, 3.05) is 19.5 Å². The highest BCUT2D eigenvalue weighted by molar-refractivity contribution is 7.88. The van der Waals surface area contributed by atoms with Crippen molar-refractivity contribution < 1.29 is 13.2 Å². The molecule has 1 heterocycles. The molecule has 1 fully saturated rings. The van der Waals surface area contributed by atoms with E-state index in [1.54, 1.807) is 0 Å². The standard InChI is InChI=1S/C7H15NO3S/c1-3-7(4-5-11-6-7)8-12(2,9)10/h8H,3-6H2,1-2H3. The van der Waals surface area contributed by atoms with Gasteiger partial charge < -0.3 is 4.74 Å². The lowest BCUT2D eigenvalue weighted by atomic mass is 9.97. The summed E-state index contributed by atoms with van der Waals surface area (Å²) in [7, 11) is -3.11. The molecular formula is C7H15NO3S. The van der Waals surface area contributed by atoms with E-state index < -0.39 is 10.0 Å². The molecule has 0 bridgehead atoms. The molecule has 0 aliphatic carbocycles. The SMILES string of the molecule is CCC1(NS(C)(=O)=O)CCOC1. The van der Waals surface area contributed by atoms with Crippen LogP contribution in [0.5, 0.6) is 0 Å². The summed E-state index contributed by atoms with van der Waals surface area (Å²) in [5, 5.41) is 0. The summed E-state index contributed by atoms with van der Waals surface area (Å²) in [5.41, 5.74) is -0.340. The molecule has 0 aromatic carbocycles. The van der Waals surface area contributed by atoms with Gasteiger partial charge in [0.15, 0.2) is 0 Å². The molecule has 1 atom stereocenters. The van der Waals surface area contributed by atoms with E-state index in [1.807, 2.05) is 6.92 Å². The number of rotatable bonds is 3. The van der Waals surface area contributed by atoms with Crippen LogP contribution in [0.4, 0.5) is 0 Å². The zero-order valence-corrected chi connectivity index (χ0v) is 8.28. The first-order valence-electron chi connectivity index (χ1n) is 4.04. The molecular weight excluding hydrogens is 178 g/mol. The van der Waals surface area contributed by atoms with E-state index in [0.717, 1.165) is 12.8 Å². The third-order valence-electron chi connectivity index (χ3n) is 2.18. The van der Waals surface area contributed by atoms with E-state index in [4.69, 9.17) is 4.74 Å². The van der Waals surface area contributed by atoms with Crippen molar-refractivity contribution in [3.05, 3.63) is 0 Å². The Morgan fingerprint density at radius 2 is 2.25 bits per heavy atom. The maximum Gasteiger partial charge on any atom is 0.209 e. The molecule has 0 aromatic heterocycles. The number of hydrogen-bond donors (Lipinski definition) is 1. The summed E-state index contributed by atoms with van der Waals surface area (Å²) < 4.78 is 29.8. The second-order valence-electron chi connectivity index (χ2n) is 3.31. The van der Waals surface area contributed by atoms with E-state index in [-0.39, 0.29) is 5.54 Å². The first-order valence-corrected chi connectivity index (χ1v) is 5.93. The minimum atomic E-state index is -3.11. The predicted molar refractivity (Wildman–Crippen MR) is 46.4 cm³/mol. The van der Waals surface area contributed by atoms with Crippen LogP contribution in [-0.2, 0) is 14.8 Å². The fourth-order valence-corrected chi connectivity index (χ4v) is 2.52. The van der Waals surface area contributed by atoms with Gasteiger partial charge in [-0.3, -0.25) is 0 Å². The summed E-state index contributed by atoms with van der Waals surface area (Å²) >= 11 is 0. The predicted octanol–water partition coefficient (Wildman–Crippen LogP) is 0.105. The Kier molecular flexibility index (Phi) is 2.75. The van der Waals surface area contributed by atoms with Crippen molar-refractivity contribution in [2.45, 2.75) is 25.3 Å². The Morgan fingerprint density at radius 1 is 1.58 bits per heavy atom. The summed E-state index contributed by atoms with van der Waals surface area (Å²) in [5.74, 6) is 0. The van der Waals surface area contributed by atoms with Gasteiger partial charge in [-0.25, -0.2) is 13.1 Å². The largest absolute Gasteiger partial charge is 0.379 e. The van der Waals surface area contributed by atoms with Gasteiger partial charge in [-0.2, -0.15) is 0 Å². The Labute approximate surface area is 73.3 Å². The highest BCUT2D eigenvalue weighted by atomic mass is 32.2. The summed E-state index contributed by atoms with van der Waals surface area (Å²) in [6.45, 7) is 3.11. The number of sulfonamides is 1. The van der Waals surface area contributed by atoms with Crippen LogP contribution in [0.15, 0.2) is 0 Å². The molecule has 1 rings (SSSR count). The van der Waals surface area contributed by atoms with Crippen LogP contribution in [0, 0.1) is 0 Å². The first kappa shape index (κ1) is 9.95. The van der Waals surface area contributed by atoms with Crippen molar-refractivity contribution in [3.8, 4) is 0 Å². The van der Waals surface area contributed by atoms with Gasteiger partial charge in [0.05, 0.1) is 18.4 Å². The molecule has 0 spiro atoms. The van der Waals surface area contributed by atoms with Crippen LogP contribution in [0.1, 0.15) is 19.8 Å². The van der Waals surface area contributed by atoms with Gasteiger partial charge in [0.1, 0.15) is 0 Å². The molecule has 1 aliphatic rings. The van der Waals surface area contributed by atoms with E-state index in [1.165, 1.54) is 6.26 Å². The normalized spacial score (nSPS) is 30.8. The van der Waals surface area contributed by atoms with Crippen molar-refractivity contribution in [3.63, 3.8) is 0 Å². The van der Waals surface area contributed by atoms with Gasteiger partial charge in [0.25, 0.3) is 0 Å². The average Bonchev–Trinajstić information content (AvgIpc) is 2.34. The lowest BCUT2D eigenvalue weighted by Gasteiger charge is -2.25. The van der Waals surface area contributed by atoms with Gasteiger partial charge in [-0.05, 0) is 12.8 Å². The Bertz CT molecular complexity index is 241. The summed E-state index contributed by atoms with van der Waals surface area (Å²) in [6.07, 6.45) is 2.74. The van der Waals surface area contributed by atoms with Crippen LogP contribution in [0.3, 0.4) is 0 Å². The first-order chi connectivity index (χ1) is 5.47. The van der Waals surface area contributed by atoms with E-state index in [9.17, 15) is 8.42 Å². The van der Waals surface area contributed by atoms with Gasteiger partial charge in [-0.15, -0.1) is 0 Å². The third kappa shape index (κ3) is 2.43. The van der Waals surface area contributed by atoms with E-state index in [2.05, 4.69) is 4.72 Å². The summed E-state index contributed by atoms with van der Waals surface area (Å²) in [6, 6.07) is 0. The molecule has 0 aromatic rings. The van der Waals surface area contributed by atoms with Crippen LogP contribution in [0.25, 0.3) is 0 Å². The molecule has 1 N–H and O–H groups in total. The fraction of sp³-hybridized carbons (Fsp3) is 1.00. The molecule has 0 radical (unpaired) electrons. The molecule has 1 unspecified atom stereocenters. The number of ether oxygens (including phenoxy) is 1. The van der Waals surface area contributed by atoms with Crippen LogP contribution in [-0.4, -0.2) is 33.4 Å². The average molecular weight is 193 g/mol. The monoisotopic (exact) mass is 193 g/mol. The maximum atomic E-state index is 11.0. The zero-order chi connectivity index (χ0) is 9.24. The second-order valence-corrected chi connectivity index (χ2v) is 5.06. The van der Waals surface area contributed by atoms with Crippen LogP contribution in [0.2, 0.25) is 0 Å². The second kappa shape index (κ2) is 3.32. The minimum Gasteiger partial charge on any atom is -0.379 e. The number of nitrogens with one attached hydrogen (secondary N) is 1. The van der Waals surface area contributed by atoms with Gasteiger partial charge in [0, 0.05) is 6.61 Å². The van der Waals surface area contributed by atoms with E-state index in [0.29, 0.717) is 13.2 Å². The topological polar surface area (TPSA) is 55.4 Å². The van der Waals surface area contributed by atoms with Crippen molar-refractivity contribution in [1.29, 1.82) is 0 Å². The Balaban J connectivity index is 2.68. The zero-order valence-electron chi connectivity index (χ0n) is 7.46. The summed E-state index contributed by atoms with van der Waals surface area (Å²) in [4.78, 5) is 0. The van der Waals surface area contributed by atoms with Gasteiger partial charge >= 0.3 is 0 Å². The highest BCUT2D eigenvalue weighted by Crippen LogP contribution is 2.22. The number of hydrogen-bond acceptors (Lipinski definition) is 3.